The summed E-state index contributed by atoms with van der Waals surface area (Å²) in [6.45, 7) is 2.94. The quantitative estimate of drug-likeness (QED) is 0.743. The van der Waals surface area contributed by atoms with Gasteiger partial charge in [0.05, 0.1) is 7.11 Å². The molecule has 1 unspecified atom stereocenters. The van der Waals surface area contributed by atoms with Crippen LogP contribution in [0.2, 0.25) is 0 Å². The van der Waals surface area contributed by atoms with Gasteiger partial charge in [0.25, 0.3) is 0 Å². The first-order chi connectivity index (χ1) is 12.4. The van der Waals surface area contributed by atoms with E-state index < -0.39 is 41.4 Å². The molecule has 8 heteroatoms. The first kappa shape index (κ1) is 21.0. The van der Waals surface area contributed by atoms with Crippen LogP contribution in [-0.4, -0.2) is 29.0 Å². The summed E-state index contributed by atoms with van der Waals surface area (Å²) in [5.74, 6) is -0.397. The highest BCUT2D eigenvalue weighted by Gasteiger charge is 2.56. The molecule has 0 saturated carbocycles. The predicted octanol–water partition coefficient (Wildman–Crippen LogP) is 3.73. The van der Waals surface area contributed by atoms with Crippen LogP contribution in [0, 0.1) is 5.82 Å². The van der Waals surface area contributed by atoms with Crippen molar-refractivity contribution in [2.75, 3.05) is 7.11 Å². The molecule has 0 radical (unpaired) electrons. The van der Waals surface area contributed by atoms with Crippen LogP contribution in [0.4, 0.5) is 17.6 Å². The highest BCUT2D eigenvalue weighted by molar-refractivity contribution is 5.40. The number of aromatic amines is 1. The highest BCUT2D eigenvalue weighted by Crippen LogP contribution is 2.45. The number of rotatable bonds is 6. The van der Waals surface area contributed by atoms with Crippen LogP contribution in [0.15, 0.2) is 41.3 Å². The molecular weight excluding hydrogens is 366 g/mol. The molecule has 27 heavy (non-hydrogen) atoms. The molecule has 0 amide bonds. The molecule has 2 N–H and O–H groups in total. The zero-order chi connectivity index (χ0) is 20.5. The molecule has 0 saturated heterocycles. The smallest absolute Gasteiger partial charge is 0.417 e. The monoisotopic (exact) mass is 387 g/mol. The number of alkyl halides is 3. The normalized spacial score (nSPS) is 14.7. The van der Waals surface area contributed by atoms with E-state index in [0.717, 1.165) is 18.2 Å². The fourth-order valence-corrected chi connectivity index (χ4v) is 3.24. The Labute approximate surface area is 153 Å². The van der Waals surface area contributed by atoms with E-state index in [2.05, 4.69) is 4.98 Å². The minimum absolute atomic E-state index is 0.0422. The second-order valence-electron chi connectivity index (χ2n) is 7.17. The molecule has 2 aromatic rings. The SMILES string of the molecule is COc1ccc(F)cc1C(C)(C)CC(O)(Cc1cc[nH]c(=O)c1)C(F)(F)F. The average Bonchev–Trinajstić information content (AvgIpc) is 2.53. The van der Waals surface area contributed by atoms with Crippen molar-refractivity contribution in [1.29, 1.82) is 0 Å². The number of H-pyrrole nitrogens is 1. The number of aromatic nitrogens is 1. The Balaban J connectivity index is 2.46. The molecule has 148 valence electrons. The Morgan fingerprint density at radius 3 is 2.37 bits per heavy atom. The number of hydrogen-bond acceptors (Lipinski definition) is 3. The molecular formula is C19H21F4NO3. The standard InChI is InChI=1S/C19H21F4NO3/c1-17(2,14-9-13(20)4-5-15(14)27-3)11-18(26,19(21,22)23)10-12-6-7-24-16(25)8-12/h4-9,26H,10-11H2,1-3H3,(H,24,25). The number of benzene rings is 1. The third-order valence-electron chi connectivity index (χ3n) is 4.49. The molecule has 0 aliphatic rings. The van der Waals surface area contributed by atoms with Gasteiger partial charge in [-0.2, -0.15) is 13.2 Å². The van der Waals surface area contributed by atoms with Gasteiger partial charge in [0.1, 0.15) is 11.6 Å². The van der Waals surface area contributed by atoms with Gasteiger partial charge in [-0.15, -0.1) is 0 Å². The third-order valence-corrected chi connectivity index (χ3v) is 4.49. The fourth-order valence-electron chi connectivity index (χ4n) is 3.24. The average molecular weight is 387 g/mol. The maximum Gasteiger partial charge on any atom is 0.417 e. The van der Waals surface area contributed by atoms with Gasteiger partial charge >= 0.3 is 6.18 Å². The summed E-state index contributed by atoms with van der Waals surface area (Å²) in [7, 11) is 1.33. The van der Waals surface area contributed by atoms with Crippen molar-refractivity contribution in [2.24, 2.45) is 0 Å². The van der Waals surface area contributed by atoms with Crippen molar-refractivity contribution < 1.29 is 27.4 Å². The van der Waals surface area contributed by atoms with Crippen LogP contribution in [0.5, 0.6) is 5.75 Å². The van der Waals surface area contributed by atoms with Gasteiger partial charge in [-0.1, -0.05) is 13.8 Å². The topological polar surface area (TPSA) is 62.3 Å². The van der Waals surface area contributed by atoms with E-state index in [9.17, 15) is 27.5 Å². The highest BCUT2D eigenvalue weighted by atomic mass is 19.4. The number of ether oxygens (including phenoxy) is 1. The summed E-state index contributed by atoms with van der Waals surface area (Å²) in [6, 6.07) is 5.88. The van der Waals surface area contributed by atoms with Crippen LogP contribution < -0.4 is 10.3 Å². The number of aliphatic hydroxyl groups is 1. The van der Waals surface area contributed by atoms with E-state index in [1.807, 2.05) is 0 Å². The van der Waals surface area contributed by atoms with Crippen molar-refractivity contribution in [3.05, 3.63) is 63.8 Å². The molecule has 0 aliphatic heterocycles. The van der Waals surface area contributed by atoms with E-state index in [1.54, 1.807) is 0 Å². The van der Waals surface area contributed by atoms with E-state index in [1.165, 1.54) is 39.3 Å². The van der Waals surface area contributed by atoms with Crippen LogP contribution in [-0.2, 0) is 11.8 Å². The van der Waals surface area contributed by atoms with Gasteiger partial charge < -0.3 is 14.8 Å². The zero-order valence-corrected chi connectivity index (χ0v) is 15.2. The lowest BCUT2D eigenvalue weighted by Gasteiger charge is -2.38. The minimum Gasteiger partial charge on any atom is -0.496 e. The lowest BCUT2D eigenvalue weighted by atomic mass is 9.72. The van der Waals surface area contributed by atoms with Crippen molar-refractivity contribution in [3.63, 3.8) is 0 Å². The molecule has 0 fully saturated rings. The van der Waals surface area contributed by atoms with Gasteiger partial charge in [-0.3, -0.25) is 4.79 Å². The Morgan fingerprint density at radius 2 is 1.81 bits per heavy atom. The second kappa shape index (κ2) is 7.34. The van der Waals surface area contributed by atoms with Gasteiger partial charge in [0, 0.05) is 24.2 Å². The molecule has 0 aliphatic carbocycles. The summed E-state index contributed by atoms with van der Waals surface area (Å²) >= 11 is 0. The number of methoxy groups -OCH3 is 1. The van der Waals surface area contributed by atoms with Crippen molar-refractivity contribution >= 4 is 0 Å². The van der Waals surface area contributed by atoms with Gasteiger partial charge in [0.15, 0.2) is 5.60 Å². The molecule has 2 rings (SSSR count). The maximum absolute atomic E-state index is 13.8. The van der Waals surface area contributed by atoms with Gasteiger partial charge in [0.2, 0.25) is 5.56 Å². The van der Waals surface area contributed by atoms with E-state index in [0.29, 0.717) is 0 Å². The van der Waals surface area contributed by atoms with Crippen LogP contribution in [0.25, 0.3) is 0 Å². The van der Waals surface area contributed by atoms with E-state index in [-0.39, 0.29) is 16.9 Å². The van der Waals surface area contributed by atoms with Crippen LogP contribution in [0.1, 0.15) is 31.4 Å². The summed E-state index contributed by atoms with van der Waals surface area (Å²) in [4.78, 5) is 13.7. The van der Waals surface area contributed by atoms with Crippen LogP contribution >= 0.6 is 0 Å². The zero-order valence-electron chi connectivity index (χ0n) is 15.2. The van der Waals surface area contributed by atoms with Crippen molar-refractivity contribution in [3.8, 4) is 5.75 Å². The lowest BCUT2D eigenvalue weighted by molar-refractivity contribution is -0.266. The lowest BCUT2D eigenvalue weighted by Crippen LogP contribution is -2.51. The maximum atomic E-state index is 13.8. The Bertz CT molecular complexity index is 861. The Kier molecular flexibility index (Phi) is 5.70. The fraction of sp³-hybridized carbons (Fsp3) is 0.421. The van der Waals surface area contributed by atoms with Gasteiger partial charge in [-0.05, 0) is 41.7 Å². The number of pyridine rings is 1. The summed E-state index contributed by atoms with van der Waals surface area (Å²) < 4.78 is 60.1. The Hall–Kier alpha value is -2.35. The Morgan fingerprint density at radius 1 is 1.15 bits per heavy atom. The number of halogens is 4. The molecule has 1 atom stereocenters. The first-order valence-corrected chi connectivity index (χ1v) is 8.19. The van der Waals surface area contributed by atoms with Gasteiger partial charge in [-0.25, -0.2) is 4.39 Å². The van der Waals surface area contributed by atoms with E-state index >= 15 is 0 Å². The minimum atomic E-state index is -4.96. The third kappa shape index (κ3) is 4.68. The molecule has 1 aromatic heterocycles. The van der Waals surface area contributed by atoms with Crippen molar-refractivity contribution in [2.45, 2.75) is 43.9 Å². The second-order valence-corrected chi connectivity index (χ2v) is 7.17. The summed E-state index contributed by atoms with van der Waals surface area (Å²) in [5.41, 5.74) is -4.72. The van der Waals surface area contributed by atoms with Crippen molar-refractivity contribution in [1.82, 2.24) is 4.98 Å². The predicted molar refractivity (Wildman–Crippen MR) is 92.4 cm³/mol. The largest absolute Gasteiger partial charge is 0.496 e. The molecule has 0 spiro atoms. The van der Waals surface area contributed by atoms with Crippen LogP contribution in [0.3, 0.4) is 0 Å². The summed E-state index contributed by atoms with van der Waals surface area (Å²) in [5, 5.41) is 10.6. The molecule has 1 heterocycles. The molecule has 4 nitrogen and oxygen atoms in total. The first-order valence-electron chi connectivity index (χ1n) is 8.19. The molecule has 0 bridgehead atoms. The number of hydrogen-bond donors (Lipinski definition) is 2. The summed E-state index contributed by atoms with van der Waals surface area (Å²) in [6.07, 6.45) is -5.31. The molecule has 1 aromatic carbocycles. The number of nitrogens with one attached hydrogen (secondary N) is 1. The van der Waals surface area contributed by atoms with E-state index in [4.69, 9.17) is 4.74 Å².